The molecule has 0 N–H and O–H groups in total. The molecule has 0 radical (unpaired) electrons. The fourth-order valence-corrected chi connectivity index (χ4v) is 3.01. The smallest absolute Gasteiger partial charge is 0.162 e. The molecule has 2 aromatic rings. The van der Waals surface area contributed by atoms with Gasteiger partial charge in [-0.25, -0.2) is 0 Å². The lowest BCUT2D eigenvalue weighted by Gasteiger charge is -2.33. The summed E-state index contributed by atoms with van der Waals surface area (Å²) in [5.74, 6) is 0.235. The first-order valence-electron chi connectivity index (χ1n) is 8.30. The van der Waals surface area contributed by atoms with Crippen LogP contribution in [-0.2, 0) is 4.74 Å². The van der Waals surface area contributed by atoms with Gasteiger partial charge in [0.05, 0.1) is 12.7 Å². The van der Waals surface area contributed by atoms with Crippen molar-refractivity contribution in [3.8, 4) is 0 Å². The zero-order chi connectivity index (χ0) is 15.9. The Kier molecular flexibility index (Phi) is 7.44. The van der Waals surface area contributed by atoms with Crippen LogP contribution in [0, 0.1) is 0 Å². The SMILES string of the molecule is Cl.O=C(CCCN1CCOC(c2ccccc2)C1)c1ccccc1. The first kappa shape index (κ1) is 18.7. The molecule has 3 rings (SSSR count). The van der Waals surface area contributed by atoms with Crippen molar-refractivity contribution in [3.05, 3.63) is 71.8 Å². The number of hydrogen-bond donors (Lipinski definition) is 0. The molecule has 24 heavy (non-hydrogen) atoms. The highest BCUT2D eigenvalue weighted by molar-refractivity contribution is 5.95. The van der Waals surface area contributed by atoms with Crippen molar-refractivity contribution in [1.29, 1.82) is 0 Å². The maximum absolute atomic E-state index is 12.1. The standard InChI is InChI=1S/C20H23NO2.ClH/c22-19(17-8-3-1-4-9-17)12-7-13-21-14-15-23-20(16-21)18-10-5-2-6-11-18;/h1-6,8-11,20H,7,12-16H2;1H. The van der Waals surface area contributed by atoms with E-state index in [1.165, 1.54) is 5.56 Å². The van der Waals surface area contributed by atoms with Gasteiger partial charge in [0, 0.05) is 25.1 Å². The molecule has 0 aromatic heterocycles. The van der Waals surface area contributed by atoms with Crippen molar-refractivity contribution in [2.75, 3.05) is 26.2 Å². The molecular formula is C20H24ClNO2. The van der Waals surface area contributed by atoms with E-state index >= 15 is 0 Å². The van der Waals surface area contributed by atoms with Gasteiger partial charge in [0.2, 0.25) is 0 Å². The number of rotatable bonds is 6. The Balaban J connectivity index is 0.00000208. The number of hydrogen-bond acceptors (Lipinski definition) is 3. The van der Waals surface area contributed by atoms with Gasteiger partial charge in [-0.2, -0.15) is 0 Å². The van der Waals surface area contributed by atoms with E-state index in [4.69, 9.17) is 4.74 Å². The molecule has 3 nitrogen and oxygen atoms in total. The highest BCUT2D eigenvalue weighted by atomic mass is 35.5. The summed E-state index contributed by atoms with van der Waals surface area (Å²) in [5.41, 5.74) is 2.05. The summed E-state index contributed by atoms with van der Waals surface area (Å²) in [5, 5.41) is 0. The second-order valence-corrected chi connectivity index (χ2v) is 5.96. The van der Waals surface area contributed by atoms with E-state index in [1.807, 2.05) is 36.4 Å². The molecule has 128 valence electrons. The maximum atomic E-state index is 12.1. The molecule has 1 atom stereocenters. The normalized spacial score (nSPS) is 17.9. The molecule has 0 aliphatic carbocycles. The van der Waals surface area contributed by atoms with E-state index in [2.05, 4.69) is 29.2 Å². The molecule has 2 aromatic carbocycles. The summed E-state index contributed by atoms with van der Waals surface area (Å²) < 4.78 is 5.88. The first-order valence-corrected chi connectivity index (χ1v) is 8.30. The molecule has 1 aliphatic rings. The number of benzene rings is 2. The van der Waals surface area contributed by atoms with Gasteiger partial charge >= 0.3 is 0 Å². The fraction of sp³-hybridized carbons (Fsp3) is 0.350. The molecule has 0 bridgehead atoms. The molecular weight excluding hydrogens is 322 g/mol. The van der Waals surface area contributed by atoms with Gasteiger partial charge in [-0.3, -0.25) is 9.69 Å². The van der Waals surface area contributed by atoms with Gasteiger partial charge in [0.15, 0.2) is 5.78 Å². The van der Waals surface area contributed by atoms with Crippen molar-refractivity contribution < 1.29 is 9.53 Å². The summed E-state index contributed by atoms with van der Waals surface area (Å²) in [7, 11) is 0. The summed E-state index contributed by atoms with van der Waals surface area (Å²) >= 11 is 0. The molecule has 4 heteroatoms. The van der Waals surface area contributed by atoms with Crippen LogP contribution in [0.1, 0.15) is 34.9 Å². The minimum atomic E-state index is 0. The van der Waals surface area contributed by atoms with Gasteiger partial charge in [-0.15, -0.1) is 12.4 Å². The van der Waals surface area contributed by atoms with E-state index in [0.29, 0.717) is 6.42 Å². The predicted octanol–water partition coefficient (Wildman–Crippen LogP) is 4.14. The Morgan fingerprint density at radius 1 is 1.04 bits per heavy atom. The summed E-state index contributed by atoms with van der Waals surface area (Å²) in [4.78, 5) is 14.5. The molecule has 0 amide bonds. The number of ether oxygens (including phenoxy) is 1. The molecule has 1 aliphatic heterocycles. The van der Waals surface area contributed by atoms with E-state index in [-0.39, 0.29) is 24.3 Å². The maximum Gasteiger partial charge on any atom is 0.162 e. The number of nitrogens with zero attached hydrogens (tertiary/aromatic N) is 1. The monoisotopic (exact) mass is 345 g/mol. The molecule has 1 saturated heterocycles. The average Bonchev–Trinajstić information content (AvgIpc) is 2.63. The van der Waals surface area contributed by atoms with Crippen molar-refractivity contribution in [2.24, 2.45) is 0 Å². The van der Waals surface area contributed by atoms with Gasteiger partial charge in [-0.05, 0) is 18.5 Å². The Morgan fingerprint density at radius 2 is 1.71 bits per heavy atom. The molecule has 0 saturated carbocycles. The van der Waals surface area contributed by atoms with Crippen molar-refractivity contribution >= 4 is 18.2 Å². The first-order chi connectivity index (χ1) is 11.3. The number of ketones is 1. The van der Waals surface area contributed by atoms with Crippen LogP contribution in [-0.4, -0.2) is 36.9 Å². The number of halogens is 1. The largest absolute Gasteiger partial charge is 0.371 e. The zero-order valence-electron chi connectivity index (χ0n) is 13.8. The van der Waals surface area contributed by atoms with Crippen LogP contribution in [0.15, 0.2) is 60.7 Å². The summed E-state index contributed by atoms with van der Waals surface area (Å²) in [6.45, 7) is 3.56. The number of Topliss-reactive ketones (excluding diaryl/α,β-unsaturated/α-hetero) is 1. The van der Waals surface area contributed by atoms with Crippen molar-refractivity contribution in [1.82, 2.24) is 4.90 Å². The van der Waals surface area contributed by atoms with Crippen LogP contribution in [0.25, 0.3) is 0 Å². The second kappa shape index (κ2) is 9.58. The number of morpholine rings is 1. The Hall–Kier alpha value is -1.68. The fourth-order valence-electron chi connectivity index (χ4n) is 3.01. The number of carbonyl (C=O) groups excluding carboxylic acids is 1. The third kappa shape index (κ3) is 5.17. The van der Waals surface area contributed by atoms with E-state index in [0.717, 1.165) is 38.2 Å². The van der Waals surface area contributed by atoms with E-state index in [1.54, 1.807) is 0 Å². The predicted molar refractivity (Wildman–Crippen MR) is 98.8 cm³/mol. The van der Waals surface area contributed by atoms with Gasteiger partial charge in [0.1, 0.15) is 0 Å². The zero-order valence-corrected chi connectivity index (χ0v) is 14.6. The second-order valence-electron chi connectivity index (χ2n) is 5.96. The van der Waals surface area contributed by atoms with E-state index < -0.39 is 0 Å². The van der Waals surface area contributed by atoms with Crippen LogP contribution in [0.4, 0.5) is 0 Å². The Morgan fingerprint density at radius 3 is 2.42 bits per heavy atom. The quantitative estimate of drug-likeness (QED) is 0.737. The highest BCUT2D eigenvalue weighted by Gasteiger charge is 2.21. The van der Waals surface area contributed by atoms with Crippen LogP contribution in [0.3, 0.4) is 0 Å². The number of carbonyl (C=O) groups is 1. The Labute approximate surface area is 150 Å². The average molecular weight is 346 g/mol. The van der Waals surface area contributed by atoms with Gasteiger partial charge < -0.3 is 4.74 Å². The van der Waals surface area contributed by atoms with E-state index in [9.17, 15) is 4.79 Å². The third-order valence-corrected chi connectivity index (χ3v) is 4.30. The van der Waals surface area contributed by atoms with Crippen LogP contribution in [0.5, 0.6) is 0 Å². The third-order valence-electron chi connectivity index (χ3n) is 4.30. The summed E-state index contributed by atoms with van der Waals surface area (Å²) in [6, 6.07) is 19.9. The summed E-state index contributed by atoms with van der Waals surface area (Å²) in [6.07, 6.45) is 1.65. The molecule has 1 unspecified atom stereocenters. The lowest BCUT2D eigenvalue weighted by atomic mass is 10.1. The topological polar surface area (TPSA) is 29.5 Å². The lowest BCUT2D eigenvalue weighted by molar-refractivity contribution is -0.0302. The van der Waals surface area contributed by atoms with Gasteiger partial charge in [-0.1, -0.05) is 60.7 Å². The van der Waals surface area contributed by atoms with Crippen LogP contribution >= 0.6 is 12.4 Å². The van der Waals surface area contributed by atoms with Crippen LogP contribution < -0.4 is 0 Å². The van der Waals surface area contributed by atoms with Crippen molar-refractivity contribution in [3.63, 3.8) is 0 Å². The minimum Gasteiger partial charge on any atom is -0.371 e. The Bertz CT molecular complexity index is 618. The molecule has 1 fully saturated rings. The molecule has 1 heterocycles. The highest BCUT2D eigenvalue weighted by Crippen LogP contribution is 2.22. The van der Waals surface area contributed by atoms with Crippen molar-refractivity contribution in [2.45, 2.75) is 18.9 Å². The lowest BCUT2D eigenvalue weighted by Crippen LogP contribution is -2.38. The van der Waals surface area contributed by atoms with Crippen LogP contribution in [0.2, 0.25) is 0 Å². The molecule has 0 spiro atoms. The minimum absolute atomic E-state index is 0. The van der Waals surface area contributed by atoms with Gasteiger partial charge in [0.25, 0.3) is 0 Å².